The van der Waals surface area contributed by atoms with Gasteiger partial charge in [0.25, 0.3) is 0 Å². The first-order chi connectivity index (χ1) is 6.68. The first-order valence-corrected chi connectivity index (χ1v) is 4.57. The molecule has 0 aromatic heterocycles. The maximum Gasteiger partial charge on any atom is 0.235 e. The highest BCUT2D eigenvalue weighted by Gasteiger charge is 2.46. The summed E-state index contributed by atoms with van der Waals surface area (Å²) in [7, 11) is 0. The second-order valence-electron chi connectivity index (χ2n) is 3.76. The van der Waals surface area contributed by atoms with Crippen molar-refractivity contribution in [2.75, 3.05) is 0 Å². The SMILES string of the molecule is Cc1ccc(C2(N=C=O)CC2)c(O)c1. The van der Waals surface area contributed by atoms with E-state index in [1.165, 1.54) is 0 Å². The van der Waals surface area contributed by atoms with Crippen molar-refractivity contribution in [2.45, 2.75) is 25.3 Å². The van der Waals surface area contributed by atoms with Crippen LogP contribution in [0.2, 0.25) is 0 Å². The van der Waals surface area contributed by atoms with Gasteiger partial charge in [0.1, 0.15) is 11.3 Å². The maximum absolute atomic E-state index is 10.2. The Kier molecular flexibility index (Phi) is 1.90. The topological polar surface area (TPSA) is 49.7 Å². The van der Waals surface area contributed by atoms with E-state index < -0.39 is 5.54 Å². The molecule has 1 fully saturated rings. The standard InChI is InChI=1S/C11H11NO2/c1-8-2-3-9(10(14)6-8)11(4-5-11)12-7-13/h2-3,6,14H,4-5H2,1H3. The first kappa shape index (κ1) is 8.97. The molecule has 2 rings (SSSR count). The molecule has 0 radical (unpaired) electrons. The van der Waals surface area contributed by atoms with Gasteiger partial charge >= 0.3 is 0 Å². The van der Waals surface area contributed by atoms with Gasteiger partial charge < -0.3 is 5.11 Å². The molecule has 1 aromatic carbocycles. The monoisotopic (exact) mass is 189 g/mol. The van der Waals surface area contributed by atoms with Crippen LogP contribution in [-0.2, 0) is 10.3 Å². The molecule has 72 valence electrons. The fourth-order valence-electron chi connectivity index (χ4n) is 1.68. The van der Waals surface area contributed by atoms with Gasteiger partial charge in [-0.1, -0.05) is 12.1 Å². The van der Waals surface area contributed by atoms with E-state index in [2.05, 4.69) is 4.99 Å². The van der Waals surface area contributed by atoms with E-state index in [-0.39, 0.29) is 5.75 Å². The van der Waals surface area contributed by atoms with E-state index in [1.807, 2.05) is 19.1 Å². The smallest absolute Gasteiger partial charge is 0.235 e. The van der Waals surface area contributed by atoms with E-state index in [4.69, 9.17) is 0 Å². The number of carbonyl (C=O) groups excluding carboxylic acids is 1. The number of aliphatic imine (C=N–C) groups is 1. The Balaban J connectivity index is 2.47. The van der Waals surface area contributed by atoms with Crippen molar-refractivity contribution in [2.24, 2.45) is 4.99 Å². The van der Waals surface area contributed by atoms with Crippen molar-refractivity contribution >= 4 is 6.08 Å². The minimum Gasteiger partial charge on any atom is -0.508 e. The lowest BCUT2D eigenvalue weighted by molar-refractivity contribution is 0.459. The van der Waals surface area contributed by atoms with Crippen LogP contribution in [0.15, 0.2) is 23.2 Å². The number of hydrogen-bond acceptors (Lipinski definition) is 3. The second kappa shape index (κ2) is 2.96. The van der Waals surface area contributed by atoms with Crippen LogP contribution in [0.3, 0.4) is 0 Å². The lowest BCUT2D eigenvalue weighted by Crippen LogP contribution is -2.02. The molecule has 1 N–H and O–H groups in total. The van der Waals surface area contributed by atoms with Gasteiger partial charge in [-0.25, -0.2) is 4.79 Å². The molecular weight excluding hydrogens is 178 g/mol. The summed E-state index contributed by atoms with van der Waals surface area (Å²) in [6.07, 6.45) is 3.21. The summed E-state index contributed by atoms with van der Waals surface area (Å²) in [6, 6.07) is 5.43. The zero-order valence-electron chi connectivity index (χ0n) is 7.95. The number of phenolic OH excluding ortho intramolecular Hbond substituents is 1. The van der Waals surface area contributed by atoms with Crippen molar-refractivity contribution in [1.29, 1.82) is 0 Å². The molecule has 1 saturated carbocycles. The minimum absolute atomic E-state index is 0.224. The van der Waals surface area contributed by atoms with Gasteiger partial charge in [-0.2, -0.15) is 4.99 Å². The van der Waals surface area contributed by atoms with Crippen LogP contribution in [0.1, 0.15) is 24.0 Å². The molecule has 0 heterocycles. The Labute approximate surface area is 82.1 Å². The molecule has 3 heteroatoms. The number of hydrogen-bond donors (Lipinski definition) is 1. The second-order valence-corrected chi connectivity index (χ2v) is 3.76. The fraction of sp³-hybridized carbons (Fsp3) is 0.364. The molecule has 0 saturated heterocycles. The van der Waals surface area contributed by atoms with Crippen LogP contribution in [0, 0.1) is 6.92 Å². The van der Waals surface area contributed by atoms with E-state index in [0.29, 0.717) is 0 Å². The highest BCUT2D eigenvalue weighted by molar-refractivity contribution is 5.47. The average molecular weight is 189 g/mol. The van der Waals surface area contributed by atoms with Crippen molar-refractivity contribution < 1.29 is 9.90 Å². The molecular formula is C11H11NO2. The van der Waals surface area contributed by atoms with Crippen molar-refractivity contribution in [3.63, 3.8) is 0 Å². The lowest BCUT2D eigenvalue weighted by atomic mass is 10.0. The van der Waals surface area contributed by atoms with Gasteiger partial charge in [0.05, 0.1) is 0 Å². The summed E-state index contributed by atoms with van der Waals surface area (Å²) in [5.74, 6) is 0.224. The Bertz CT molecular complexity index is 415. The van der Waals surface area contributed by atoms with Gasteiger partial charge in [0.15, 0.2) is 0 Å². The maximum atomic E-state index is 10.2. The number of aromatic hydroxyl groups is 1. The summed E-state index contributed by atoms with van der Waals surface area (Å²) in [6.45, 7) is 1.91. The molecule has 1 aromatic rings. The molecule has 14 heavy (non-hydrogen) atoms. The van der Waals surface area contributed by atoms with Gasteiger partial charge in [0, 0.05) is 5.56 Å². The molecule has 0 amide bonds. The van der Waals surface area contributed by atoms with Crippen molar-refractivity contribution in [3.8, 4) is 5.75 Å². The number of benzene rings is 1. The number of isocyanates is 1. The highest BCUT2D eigenvalue weighted by Crippen LogP contribution is 2.51. The van der Waals surface area contributed by atoms with E-state index in [9.17, 15) is 9.90 Å². The molecule has 0 bridgehead atoms. The number of nitrogens with zero attached hydrogens (tertiary/aromatic N) is 1. The van der Waals surface area contributed by atoms with Crippen LogP contribution in [0.25, 0.3) is 0 Å². The van der Waals surface area contributed by atoms with Crippen molar-refractivity contribution in [3.05, 3.63) is 29.3 Å². The summed E-state index contributed by atoms with van der Waals surface area (Å²) in [4.78, 5) is 14.0. The van der Waals surface area contributed by atoms with Crippen LogP contribution in [-0.4, -0.2) is 11.2 Å². The van der Waals surface area contributed by atoms with Crippen LogP contribution in [0.5, 0.6) is 5.75 Å². The summed E-state index contributed by atoms with van der Waals surface area (Å²) < 4.78 is 0. The van der Waals surface area contributed by atoms with Gasteiger partial charge in [0.2, 0.25) is 6.08 Å². The van der Waals surface area contributed by atoms with E-state index in [0.717, 1.165) is 24.0 Å². The Morgan fingerprint density at radius 3 is 2.71 bits per heavy atom. The zero-order valence-corrected chi connectivity index (χ0v) is 7.95. The van der Waals surface area contributed by atoms with Crippen LogP contribution >= 0.6 is 0 Å². The molecule has 0 unspecified atom stereocenters. The number of rotatable bonds is 2. The predicted octanol–water partition coefficient (Wildman–Crippen LogP) is 2.03. The molecule has 1 aliphatic rings. The minimum atomic E-state index is -0.473. The normalized spacial score (nSPS) is 17.2. The molecule has 1 aliphatic carbocycles. The quantitative estimate of drug-likeness (QED) is 0.571. The van der Waals surface area contributed by atoms with Gasteiger partial charge in [-0.15, -0.1) is 0 Å². The predicted molar refractivity (Wildman–Crippen MR) is 51.9 cm³/mol. The average Bonchev–Trinajstić information content (AvgIpc) is 2.86. The summed E-state index contributed by atoms with van der Waals surface area (Å²) in [5.41, 5.74) is 1.27. The Morgan fingerprint density at radius 1 is 1.50 bits per heavy atom. The molecule has 0 aliphatic heterocycles. The molecule has 0 spiro atoms. The largest absolute Gasteiger partial charge is 0.508 e. The van der Waals surface area contributed by atoms with E-state index >= 15 is 0 Å². The molecule has 3 nitrogen and oxygen atoms in total. The van der Waals surface area contributed by atoms with Crippen molar-refractivity contribution in [1.82, 2.24) is 0 Å². The fourth-order valence-corrected chi connectivity index (χ4v) is 1.68. The third-order valence-electron chi connectivity index (χ3n) is 2.64. The van der Waals surface area contributed by atoms with Gasteiger partial charge in [-0.05, 0) is 31.4 Å². The first-order valence-electron chi connectivity index (χ1n) is 4.57. The van der Waals surface area contributed by atoms with Crippen LogP contribution in [0.4, 0.5) is 0 Å². The molecule has 0 atom stereocenters. The third kappa shape index (κ3) is 1.32. The lowest BCUT2D eigenvalue weighted by Gasteiger charge is -2.10. The summed E-state index contributed by atoms with van der Waals surface area (Å²) >= 11 is 0. The Morgan fingerprint density at radius 2 is 2.21 bits per heavy atom. The summed E-state index contributed by atoms with van der Waals surface area (Å²) in [5, 5.41) is 9.70. The number of aryl methyl sites for hydroxylation is 1. The van der Waals surface area contributed by atoms with Gasteiger partial charge in [-0.3, -0.25) is 0 Å². The number of phenols is 1. The third-order valence-corrected chi connectivity index (χ3v) is 2.64. The van der Waals surface area contributed by atoms with Crippen LogP contribution < -0.4 is 0 Å². The zero-order chi connectivity index (χ0) is 10.2. The Hall–Kier alpha value is -1.60. The van der Waals surface area contributed by atoms with E-state index in [1.54, 1.807) is 12.1 Å². The highest BCUT2D eigenvalue weighted by atomic mass is 16.3.